The molecule has 0 atom stereocenters. The molecule has 45 heavy (non-hydrogen) atoms. The molecule has 0 fully saturated rings. The van der Waals surface area contributed by atoms with Crippen molar-refractivity contribution in [1.82, 2.24) is 9.97 Å². The monoisotopic (exact) mass is 762 g/mol. The standard InChI is InChI=1S/C39H27N4O.Pt/c1-26-22-23-40-38(24-26)43-34-15-9-8-14-33(34)42(29-12-6-3-7-13-29)35-20-16-28(25-36(35)43)32-19-17-31-30(27-10-4-2-5-11-27)18-21-37(44)39(31)41-32;/h2-24,44H,1H3;/q-1;. The summed E-state index contributed by atoms with van der Waals surface area (Å²) >= 11 is 0. The van der Waals surface area contributed by atoms with E-state index in [1.54, 1.807) is 6.07 Å². The van der Waals surface area contributed by atoms with E-state index < -0.39 is 0 Å². The molecule has 1 aliphatic heterocycles. The Morgan fingerprint density at radius 2 is 1.38 bits per heavy atom. The van der Waals surface area contributed by atoms with Gasteiger partial charge in [-0.05, 0) is 89.2 Å². The number of hydrogen-bond acceptors (Lipinski definition) is 5. The molecule has 5 aromatic carbocycles. The van der Waals surface area contributed by atoms with Gasteiger partial charge in [-0.15, -0.1) is 23.8 Å². The second kappa shape index (κ2) is 11.7. The van der Waals surface area contributed by atoms with Crippen molar-refractivity contribution in [2.24, 2.45) is 0 Å². The van der Waals surface area contributed by atoms with Crippen molar-refractivity contribution in [2.45, 2.75) is 6.92 Å². The predicted molar refractivity (Wildman–Crippen MR) is 179 cm³/mol. The number of aromatic nitrogens is 2. The summed E-state index contributed by atoms with van der Waals surface area (Å²) in [6, 6.07) is 48.6. The van der Waals surface area contributed by atoms with E-state index in [2.05, 4.69) is 102 Å². The molecule has 2 aromatic heterocycles. The summed E-state index contributed by atoms with van der Waals surface area (Å²) in [6.45, 7) is 2.08. The number of phenolic OH excluding ortho intramolecular Hbond substituents is 1. The van der Waals surface area contributed by atoms with Crippen LogP contribution in [-0.2, 0) is 21.1 Å². The summed E-state index contributed by atoms with van der Waals surface area (Å²) in [5.74, 6) is 0.964. The maximum absolute atomic E-state index is 10.9. The van der Waals surface area contributed by atoms with Gasteiger partial charge in [-0.3, -0.25) is 4.98 Å². The molecule has 3 heterocycles. The van der Waals surface area contributed by atoms with E-state index >= 15 is 0 Å². The van der Waals surface area contributed by atoms with Gasteiger partial charge in [-0.1, -0.05) is 72.8 Å². The maximum Gasteiger partial charge on any atom is 0.140 e. The van der Waals surface area contributed by atoms with E-state index in [9.17, 15) is 5.11 Å². The van der Waals surface area contributed by atoms with E-state index in [0.29, 0.717) is 5.52 Å². The van der Waals surface area contributed by atoms with Gasteiger partial charge in [0, 0.05) is 38.3 Å². The van der Waals surface area contributed by atoms with Crippen LogP contribution in [0.5, 0.6) is 5.75 Å². The predicted octanol–water partition coefficient (Wildman–Crippen LogP) is 10.0. The number of fused-ring (bicyclic) bond motifs is 3. The van der Waals surface area contributed by atoms with E-state index in [1.165, 1.54) is 0 Å². The largest absolute Gasteiger partial charge is 0.506 e. The summed E-state index contributed by atoms with van der Waals surface area (Å²) in [5, 5.41) is 11.8. The van der Waals surface area contributed by atoms with Gasteiger partial charge in [-0.25, -0.2) is 4.98 Å². The third-order valence-corrected chi connectivity index (χ3v) is 8.07. The molecule has 1 N–H and O–H groups in total. The molecule has 0 amide bonds. The van der Waals surface area contributed by atoms with Crippen LogP contribution < -0.4 is 9.80 Å². The molecular weight excluding hydrogens is 736 g/mol. The minimum atomic E-state index is 0. The molecule has 5 nitrogen and oxygen atoms in total. The van der Waals surface area contributed by atoms with Crippen molar-refractivity contribution >= 4 is 45.2 Å². The van der Waals surface area contributed by atoms with Crippen molar-refractivity contribution in [3.05, 3.63) is 151 Å². The van der Waals surface area contributed by atoms with Gasteiger partial charge in [0.25, 0.3) is 0 Å². The first-order valence-corrected chi connectivity index (χ1v) is 14.6. The number of anilines is 6. The van der Waals surface area contributed by atoms with Crippen LogP contribution in [0.2, 0.25) is 0 Å². The smallest absolute Gasteiger partial charge is 0.140 e. The minimum Gasteiger partial charge on any atom is -0.506 e. The number of rotatable bonds is 4. The van der Waals surface area contributed by atoms with Crippen molar-refractivity contribution in [1.29, 1.82) is 0 Å². The fourth-order valence-electron chi connectivity index (χ4n) is 6.03. The van der Waals surface area contributed by atoms with Crippen molar-refractivity contribution in [3.63, 3.8) is 0 Å². The third-order valence-electron chi connectivity index (χ3n) is 8.07. The van der Waals surface area contributed by atoms with Gasteiger partial charge in [0.2, 0.25) is 0 Å². The Bertz CT molecular complexity index is 2170. The Balaban J connectivity index is 0.00000325. The van der Waals surface area contributed by atoms with Crippen molar-refractivity contribution < 1.29 is 26.2 Å². The number of phenols is 1. The number of benzene rings is 5. The molecule has 6 heteroatoms. The molecule has 8 rings (SSSR count). The third kappa shape index (κ3) is 4.96. The zero-order chi connectivity index (χ0) is 29.6. The number of para-hydroxylation sites is 3. The quantitative estimate of drug-likeness (QED) is 0.181. The first-order chi connectivity index (χ1) is 21.7. The van der Waals surface area contributed by atoms with Crippen molar-refractivity contribution in [2.75, 3.05) is 9.80 Å². The van der Waals surface area contributed by atoms with Crippen LogP contribution in [-0.4, -0.2) is 15.1 Å². The summed E-state index contributed by atoms with van der Waals surface area (Å²) in [4.78, 5) is 14.2. The summed E-state index contributed by atoms with van der Waals surface area (Å²) < 4.78 is 0. The maximum atomic E-state index is 10.9. The summed E-state index contributed by atoms with van der Waals surface area (Å²) in [6.07, 6.45) is 1.85. The topological polar surface area (TPSA) is 52.5 Å². The zero-order valence-electron chi connectivity index (χ0n) is 24.3. The molecule has 7 aromatic rings. The van der Waals surface area contributed by atoms with Gasteiger partial charge >= 0.3 is 0 Å². The number of aromatic hydroxyl groups is 1. The van der Waals surface area contributed by atoms with Gasteiger partial charge in [0.05, 0.1) is 11.4 Å². The first kappa shape index (κ1) is 28.5. The fourth-order valence-corrected chi connectivity index (χ4v) is 6.03. The molecule has 220 valence electrons. The Kier molecular flexibility index (Phi) is 7.40. The van der Waals surface area contributed by atoms with E-state index in [1.807, 2.05) is 54.7 Å². The van der Waals surface area contributed by atoms with E-state index in [-0.39, 0.29) is 26.8 Å². The Hall–Kier alpha value is -5.25. The van der Waals surface area contributed by atoms with Crippen LogP contribution in [0.1, 0.15) is 5.56 Å². The Morgan fingerprint density at radius 1 is 0.667 bits per heavy atom. The van der Waals surface area contributed by atoms with Crippen molar-refractivity contribution in [3.8, 4) is 28.1 Å². The molecule has 0 aliphatic carbocycles. The van der Waals surface area contributed by atoms with Crippen LogP contribution in [0.4, 0.5) is 34.3 Å². The summed E-state index contributed by atoms with van der Waals surface area (Å²) in [5.41, 5.74) is 10.3. The SMILES string of the molecule is Cc1ccnc(N2c3[c-]c(-c4ccc5c(-c6ccccc6)ccc(O)c5n4)ccc3N(c3ccccc3)c3ccccc32)c1.[Pt]. The average molecular weight is 763 g/mol. The van der Waals surface area contributed by atoms with Crippen LogP contribution >= 0.6 is 0 Å². The second-order valence-corrected chi connectivity index (χ2v) is 10.9. The van der Waals surface area contributed by atoms with Gasteiger partial charge in [-0.2, -0.15) is 0 Å². The number of hydrogen-bond donors (Lipinski definition) is 1. The molecule has 0 radical (unpaired) electrons. The average Bonchev–Trinajstić information content (AvgIpc) is 3.08. The molecule has 0 saturated carbocycles. The normalized spacial score (nSPS) is 11.9. The zero-order valence-corrected chi connectivity index (χ0v) is 26.6. The van der Waals surface area contributed by atoms with Crippen LogP contribution in [0, 0.1) is 13.0 Å². The summed E-state index contributed by atoms with van der Waals surface area (Å²) in [7, 11) is 0. The van der Waals surface area contributed by atoms with Gasteiger partial charge < -0.3 is 14.9 Å². The van der Waals surface area contributed by atoms with Gasteiger partial charge in [0.1, 0.15) is 17.1 Å². The molecular formula is C39H27N4OPt-. The number of pyridine rings is 2. The van der Waals surface area contributed by atoms with Crippen LogP contribution in [0.3, 0.4) is 0 Å². The van der Waals surface area contributed by atoms with E-state index in [0.717, 1.165) is 67.6 Å². The Morgan fingerprint density at radius 3 is 2.13 bits per heavy atom. The molecule has 0 spiro atoms. The minimum absolute atomic E-state index is 0. The molecule has 0 saturated heterocycles. The number of aryl methyl sites for hydroxylation is 1. The first-order valence-electron chi connectivity index (χ1n) is 14.6. The second-order valence-electron chi connectivity index (χ2n) is 10.9. The van der Waals surface area contributed by atoms with Gasteiger partial charge in [0.15, 0.2) is 0 Å². The molecule has 1 aliphatic rings. The molecule has 0 bridgehead atoms. The Labute approximate surface area is 276 Å². The fraction of sp³-hybridized carbons (Fsp3) is 0.0256. The molecule has 0 unspecified atom stereocenters. The number of nitrogens with zero attached hydrogens (tertiary/aromatic N) is 4. The van der Waals surface area contributed by atoms with Crippen LogP contribution in [0.25, 0.3) is 33.3 Å². The van der Waals surface area contributed by atoms with Crippen LogP contribution in [0.15, 0.2) is 140 Å². The van der Waals surface area contributed by atoms with E-state index in [4.69, 9.17) is 9.97 Å².